The van der Waals surface area contributed by atoms with Crippen LogP contribution in [-0.4, -0.2) is 18.2 Å². The fourth-order valence-corrected chi connectivity index (χ4v) is 5.38. The van der Waals surface area contributed by atoms with E-state index in [-0.39, 0.29) is 5.60 Å². The van der Waals surface area contributed by atoms with Crippen molar-refractivity contribution < 1.29 is 4.74 Å². The molecule has 1 saturated heterocycles. The third kappa shape index (κ3) is 3.65. The second-order valence-corrected chi connectivity index (χ2v) is 8.24. The Balaban J connectivity index is 1.73. The van der Waals surface area contributed by atoms with E-state index in [0.717, 1.165) is 28.4 Å². The Morgan fingerprint density at radius 2 is 1.81 bits per heavy atom. The molecule has 1 heterocycles. The minimum atomic E-state index is 0.151. The number of hydrogen-bond acceptors (Lipinski definition) is 2. The highest BCUT2D eigenvalue weighted by atomic mass is 79.9. The monoisotopic (exact) mass is 415 g/mol. The summed E-state index contributed by atoms with van der Waals surface area (Å²) in [6.07, 6.45) is 8.73. The summed E-state index contributed by atoms with van der Waals surface area (Å²) in [5, 5.41) is 3.74. The standard InChI is InChI=1S/C17H23Br2NO/c1-12-9-14(18)16(15(19)10-12)20-13-5-8-21-17(11-13)6-3-2-4-7-17/h9-10,13,20H,2-8,11H2,1H3. The van der Waals surface area contributed by atoms with Gasteiger partial charge in [-0.15, -0.1) is 0 Å². The molecule has 1 aromatic rings. The van der Waals surface area contributed by atoms with Gasteiger partial charge in [0.1, 0.15) is 0 Å². The predicted molar refractivity (Wildman–Crippen MR) is 95.0 cm³/mol. The smallest absolute Gasteiger partial charge is 0.0702 e. The molecule has 1 aliphatic carbocycles. The van der Waals surface area contributed by atoms with Crippen molar-refractivity contribution in [3.05, 3.63) is 26.6 Å². The molecule has 21 heavy (non-hydrogen) atoms. The van der Waals surface area contributed by atoms with Crippen molar-refractivity contribution in [1.29, 1.82) is 0 Å². The molecule has 1 aromatic carbocycles. The molecule has 1 N–H and O–H groups in total. The Morgan fingerprint density at radius 1 is 1.14 bits per heavy atom. The van der Waals surface area contributed by atoms with Crippen LogP contribution in [0.3, 0.4) is 0 Å². The second kappa shape index (κ2) is 6.59. The van der Waals surface area contributed by atoms with E-state index >= 15 is 0 Å². The molecule has 4 heteroatoms. The number of rotatable bonds is 2. The van der Waals surface area contributed by atoms with Crippen LogP contribution in [0.15, 0.2) is 21.1 Å². The lowest BCUT2D eigenvalue weighted by Gasteiger charge is -2.44. The first-order chi connectivity index (χ1) is 10.1. The minimum absolute atomic E-state index is 0.151. The van der Waals surface area contributed by atoms with Crippen molar-refractivity contribution >= 4 is 37.5 Å². The first-order valence-corrected chi connectivity index (χ1v) is 9.53. The van der Waals surface area contributed by atoms with E-state index in [0.29, 0.717) is 6.04 Å². The van der Waals surface area contributed by atoms with E-state index in [1.807, 2.05) is 0 Å². The SMILES string of the molecule is Cc1cc(Br)c(NC2CCOC3(CCCCC3)C2)c(Br)c1. The van der Waals surface area contributed by atoms with Crippen LogP contribution in [0.2, 0.25) is 0 Å². The summed E-state index contributed by atoms with van der Waals surface area (Å²) < 4.78 is 8.47. The third-order valence-electron chi connectivity index (χ3n) is 4.79. The maximum atomic E-state index is 6.19. The van der Waals surface area contributed by atoms with Gasteiger partial charge in [-0.05, 0) is 82.2 Å². The molecule has 0 bridgehead atoms. The van der Waals surface area contributed by atoms with Crippen LogP contribution in [0.4, 0.5) is 5.69 Å². The molecule has 1 atom stereocenters. The van der Waals surface area contributed by atoms with Gasteiger partial charge in [-0.25, -0.2) is 0 Å². The zero-order valence-corrected chi connectivity index (χ0v) is 15.7. The Labute approximate surface area is 144 Å². The van der Waals surface area contributed by atoms with Crippen molar-refractivity contribution in [2.45, 2.75) is 63.5 Å². The lowest BCUT2D eigenvalue weighted by Crippen LogP contribution is -2.45. The van der Waals surface area contributed by atoms with Crippen molar-refractivity contribution in [2.24, 2.45) is 0 Å². The normalized spacial score (nSPS) is 25.0. The number of aryl methyl sites for hydroxylation is 1. The quantitative estimate of drug-likeness (QED) is 0.656. The molecule has 1 aliphatic heterocycles. The van der Waals surface area contributed by atoms with Gasteiger partial charge in [-0.2, -0.15) is 0 Å². The number of halogens is 2. The van der Waals surface area contributed by atoms with E-state index in [1.165, 1.54) is 43.4 Å². The van der Waals surface area contributed by atoms with E-state index in [1.54, 1.807) is 0 Å². The van der Waals surface area contributed by atoms with Gasteiger partial charge in [-0.3, -0.25) is 0 Å². The van der Waals surface area contributed by atoms with Crippen LogP contribution in [0.1, 0.15) is 50.5 Å². The van der Waals surface area contributed by atoms with Gasteiger partial charge in [0.2, 0.25) is 0 Å². The summed E-state index contributed by atoms with van der Waals surface area (Å²) in [4.78, 5) is 0. The van der Waals surface area contributed by atoms with Crippen molar-refractivity contribution in [3.63, 3.8) is 0 Å². The fraction of sp³-hybridized carbons (Fsp3) is 0.647. The molecular weight excluding hydrogens is 394 g/mol. The highest BCUT2D eigenvalue weighted by Crippen LogP contribution is 2.40. The van der Waals surface area contributed by atoms with Crippen LogP contribution in [0.5, 0.6) is 0 Å². The first kappa shape index (κ1) is 15.8. The van der Waals surface area contributed by atoms with Crippen LogP contribution in [-0.2, 0) is 4.74 Å². The van der Waals surface area contributed by atoms with Gasteiger partial charge >= 0.3 is 0 Å². The highest BCUT2D eigenvalue weighted by Gasteiger charge is 2.38. The lowest BCUT2D eigenvalue weighted by molar-refractivity contribution is -0.103. The third-order valence-corrected chi connectivity index (χ3v) is 6.04. The summed E-state index contributed by atoms with van der Waals surface area (Å²) in [5.41, 5.74) is 2.59. The molecule has 0 radical (unpaired) electrons. The predicted octanol–water partition coefficient (Wildman–Crippen LogP) is 5.81. The number of ether oxygens (including phenoxy) is 1. The Bertz CT molecular complexity index is 483. The van der Waals surface area contributed by atoms with E-state index in [4.69, 9.17) is 4.74 Å². The molecular formula is C17H23Br2NO. The number of nitrogens with one attached hydrogen (secondary N) is 1. The average Bonchev–Trinajstić information content (AvgIpc) is 2.44. The zero-order valence-electron chi connectivity index (χ0n) is 12.6. The molecule has 0 aromatic heterocycles. The lowest BCUT2D eigenvalue weighted by atomic mass is 9.78. The molecule has 2 aliphatic rings. The Morgan fingerprint density at radius 3 is 2.48 bits per heavy atom. The number of benzene rings is 1. The maximum Gasteiger partial charge on any atom is 0.0702 e. The van der Waals surface area contributed by atoms with Gasteiger partial charge < -0.3 is 10.1 Å². The Hall–Kier alpha value is -0.0600. The molecule has 3 rings (SSSR count). The minimum Gasteiger partial charge on any atom is -0.380 e. The van der Waals surface area contributed by atoms with Crippen LogP contribution in [0.25, 0.3) is 0 Å². The summed E-state index contributed by atoms with van der Waals surface area (Å²) in [6.45, 7) is 3.00. The van der Waals surface area contributed by atoms with E-state index < -0.39 is 0 Å². The van der Waals surface area contributed by atoms with Crippen molar-refractivity contribution in [2.75, 3.05) is 11.9 Å². The molecule has 1 unspecified atom stereocenters. The highest BCUT2D eigenvalue weighted by molar-refractivity contribution is 9.11. The Kier molecular flexibility index (Phi) is 4.97. The molecule has 1 spiro atoms. The van der Waals surface area contributed by atoms with E-state index in [9.17, 15) is 0 Å². The summed E-state index contributed by atoms with van der Waals surface area (Å²) in [7, 11) is 0. The molecule has 2 fully saturated rings. The van der Waals surface area contributed by atoms with Crippen molar-refractivity contribution in [1.82, 2.24) is 0 Å². The molecule has 0 amide bonds. The zero-order chi connectivity index (χ0) is 14.9. The molecule has 116 valence electrons. The average molecular weight is 417 g/mol. The van der Waals surface area contributed by atoms with Crippen LogP contribution in [0, 0.1) is 6.92 Å². The maximum absolute atomic E-state index is 6.19. The van der Waals surface area contributed by atoms with Crippen LogP contribution < -0.4 is 5.32 Å². The summed E-state index contributed by atoms with van der Waals surface area (Å²) >= 11 is 7.38. The van der Waals surface area contributed by atoms with Crippen molar-refractivity contribution in [3.8, 4) is 0 Å². The second-order valence-electron chi connectivity index (χ2n) is 6.53. The number of hydrogen-bond donors (Lipinski definition) is 1. The molecule has 1 saturated carbocycles. The summed E-state index contributed by atoms with van der Waals surface area (Å²) in [5.74, 6) is 0. The largest absolute Gasteiger partial charge is 0.380 e. The van der Waals surface area contributed by atoms with Gasteiger partial charge in [0, 0.05) is 21.6 Å². The van der Waals surface area contributed by atoms with Gasteiger partial charge in [-0.1, -0.05) is 19.3 Å². The topological polar surface area (TPSA) is 21.3 Å². The van der Waals surface area contributed by atoms with Crippen LogP contribution >= 0.6 is 31.9 Å². The van der Waals surface area contributed by atoms with E-state index in [2.05, 4.69) is 56.2 Å². The number of anilines is 1. The van der Waals surface area contributed by atoms with Gasteiger partial charge in [0.15, 0.2) is 0 Å². The molecule has 2 nitrogen and oxygen atoms in total. The first-order valence-electron chi connectivity index (χ1n) is 7.94. The van der Waals surface area contributed by atoms with Gasteiger partial charge in [0.25, 0.3) is 0 Å². The summed E-state index contributed by atoms with van der Waals surface area (Å²) in [6, 6.07) is 4.85. The van der Waals surface area contributed by atoms with Gasteiger partial charge in [0.05, 0.1) is 11.3 Å². The fourth-order valence-electron chi connectivity index (χ4n) is 3.74.